The first-order chi connectivity index (χ1) is 10.2. The predicted molar refractivity (Wildman–Crippen MR) is 91.1 cm³/mol. The standard InChI is InChI=1S/C16H17NO2.C2H6/c1-4-14(15(5-2)12-17-18)9-6-13-7-10-16(19-3)11-8-13;1-2/h4-12,18H,1-2H2,3H3;1-2H3/b9-6+,15-14-,17-12+;. The number of hydrogen-bond acceptors (Lipinski definition) is 3. The minimum absolute atomic E-state index is 0.697. The van der Waals surface area contributed by atoms with Crippen molar-refractivity contribution in [1.29, 1.82) is 0 Å². The number of oxime groups is 1. The summed E-state index contributed by atoms with van der Waals surface area (Å²) in [7, 11) is 1.63. The Bertz CT molecular complexity index is 523. The third kappa shape index (κ3) is 6.43. The lowest BCUT2D eigenvalue weighted by Crippen LogP contribution is -1.86. The minimum Gasteiger partial charge on any atom is -0.497 e. The van der Waals surface area contributed by atoms with E-state index in [0.717, 1.165) is 16.9 Å². The summed E-state index contributed by atoms with van der Waals surface area (Å²) in [4.78, 5) is 0. The molecule has 1 rings (SSSR count). The Morgan fingerprint density at radius 3 is 2.10 bits per heavy atom. The van der Waals surface area contributed by atoms with Gasteiger partial charge in [0.15, 0.2) is 0 Å². The van der Waals surface area contributed by atoms with Crippen LogP contribution in [0.15, 0.2) is 72.0 Å². The Labute approximate surface area is 127 Å². The van der Waals surface area contributed by atoms with Gasteiger partial charge in [0.25, 0.3) is 0 Å². The molecular weight excluding hydrogens is 262 g/mol. The molecule has 21 heavy (non-hydrogen) atoms. The first-order valence-electron chi connectivity index (χ1n) is 6.74. The molecule has 0 bridgehead atoms. The van der Waals surface area contributed by atoms with Crippen LogP contribution >= 0.6 is 0 Å². The molecule has 0 aliphatic heterocycles. The summed E-state index contributed by atoms with van der Waals surface area (Å²) in [6.45, 7) is 11.4. The summed E-state index contributed by atoms with van der Waals surface area (Å²) < 4.78 is 5.10. The molecular formula is C18H23NO2. The lowest BCUT2D eigenvalue weighted by Gasteiger charge is -2.00. The Morgan fingerprint density at radius 1 is 1.10 bits per heavy atom. The van der Waals surface area contributed by atoms with E-state index in [2.05, 4.69) is 18.3 Å². The molecule has 0 atom stereocenters. The normalized spacial score (nSPS) is 11.6. The zero-order valence-corrected chi connectivity index (χ0v) is 12.9. The number of methoxy groups -OCH3 is 1. The van der Waals surface area contributed by atoms with Gasteiger partial charge in [-0.1, -0.05) is 68.6 Å². The van der Waals surface area contributed by atoms with Gasteiger partial charge >= 0.3 is 0 Å². The third-order valence-corrected chi connectivity index (χ3v) is 2.54. The zero-order chi connectivity index (χ0) is 16.1. The van der Waals surface area contributed by atoms with E-state index in [1.165, 1.54) is 6.21 Å². The van der Waals surface area contributed by atoms with Crippen molar-refractivity contribution in [1.82, 2.24) is 0 Å². The van der Waals surface area contributed by atoms with Gasteiger partial charge < -0.3 is 9.94 Å². The Morgan fingerprint density at radius 2 is 1.67 bits per heavy atom. The molecule has 0 aromatic heterocycles. The molecule has 0 saturated carbocycles. The second kappa shape index (κ2) is 11.3. The largest absolute Gasteiger partial charge is 0.497 e. The van der Waals surface area contributed by atoms with Crippen LogP contribution in [-0.2, 0) is 0 Å². The molecule has 0 heterocycles. The molecule has 3 heteroatoms. The van der Waals surface area contributed by atoms with E-state index in [-0.39, 0.29) is 0 Å². The Hall–Kier alpha value is -2.55. The van der Waals surface area contributed by atoms with Crippen molar-refractivity contribution in [3.63, 3.8) is 0 Å². The molecule has 0 saturated heterocycles. The average Bonchev–Trinajstić information content (AvgIpc) is 2.56. The summed E-state index contributed by atoms with van der Waals surface area (Å²) in [6, 6.07) is 7.68. The molecule has 0 aliphatic carbocycles. The van der Waals surface area contributed by atoms with Gasteiger partial charge in [0.1, 0.15) is 5.75 Å². The van der Waals surface area contributed by atoms with Crippen molar-refractivity contribution in [2.45, 2.75) is 13.8 Å². The number of ether oxygens (including phenoxy) is 1. The van der Waals surface area contributed by atoms with Crippen LogP contribution in [0, 0.1) is 0 Å². The molecule has 0 unspecified atom stereocenters. The van der Waals surface area contributed by atoms with E-state index in [9.17, 15) is 0 Å². The summed E-state index contributed by atoms with van der Waals surface area (Å²) in [5.41, 5.74) is 2.55. The molecule has 1 aromatic carbocycles. The maximum Gasteiger partial charge on any atom is 0.118 e. The second-order valence-corrected chi connectivity index (χ2v) is 3.67. The molecule has 1 aromatic rings. The highest BCUT2D eigenvalue weighted by Gasteiger charge is 1.95. The van der Waals surface area contributed by atoms with E-state index in [0.29, 0.717) is 5.57 Å². The number of hydrogen-bond donors (Lipinski definition) is 1. The van der Waals surface area contributed by atoms with E-state index in [1.807, 2.05) is 50.3 Å². The molecule has 3 nitrogen and oxygen atoms in total. The monoisotopic (exact) mass is 285 g/mol. The van der Waals surface area contributed by atoms with Gasteiger partial charge in [-0.3, -0.25) is 0 Å². The quantitative estimate of drug-likeness (QED) is 0.351. The highest BCUT2D eigenvalue weighted by Crippen LogP contribution is 2.14. The van der Waals surface area contributed by atoms with Gasteiger partial charge in [-0.15, -0.1) is 0 Å². The molecule has 0 amide bonds. The second-order valence-electron chi connectivity index (χ2n) is 3.67. The van der Waals surface area contributed by atoms with E-state index >= 15 is 0 Å². The number of allylic oxidation sites excluding steroid dienone is 5. The van der Waals surface area contributed by atoms with E-state index in [4.69, 9.17) is 9.94 Å². The van der Waals surface area contributed by atoms with Gasteiger partial charge in [0.2, 0.25) is 0 Å². The molecule has 0 fully saturated rings. The van der Waals surface area contributed by atoms with Gasteiger partial charge in [-0.25, -0.2) is 0 Å². The number of nitrogens with zero attached hydrogens (tertiary/aromatic N) is 1. The molecule has 0 aliphatic rings. The maximum atomic E-state index is 8.57. The highest BCUT2D eigenvalue weighted by molar-refractivity contribution is 5.85. The molecule has 112 valence electrons. The lowest BCUT2D eigenvalue weighted by atomic mass is 10.1. The fourth-order valence-electron chi connectivity index (χ4n) is 1.49. The molecule has 1 N–H and O–H groups in total. The van der Waals surface area contributed by atoms with Crippen molar-refractivity contribution in [2.24, 2.45) is 5.16 Å². The fraction of sp³-hybridized carbons (Fsp3) is 0.167. The Balaban J connectivity index is 0.00000191. The van der Waals surface area contributed by atoms with Gasteiger partial charge in [-0.05, 0) is 23.3 Å². The van der Waals surface area contributed by atoms with Crippen molar-refractivity contribution >= 4 is 12.3 Å². The van der Waals surface area contributed by atoms with Crippen molar-refractivity contribution in [2.75, 3.05) is 7.11 Å². The van der Waals surface area contributed by atoms with Gasteiger partial charge in [0, 0.05) is 5.57 Å². The van der Waals surface area contributed by atoms with Crippen LogP contribution in [0.1, 0.15) is 19.4 Å². The molecule has 0 radical (unpaired) electrons. The SMILES string of the molecule is C=CC(/C=C/c1ccc(OC)cc1)=C(C=C)/C=N/O.CC. The van der Waals surface area contributed by atoms with Crippen LogP contribution in [0.3, 0.4) is 0 Å². The van der Waals surface area contributed by atoms with Crippen LogP contribution in [0.2, 0.25) is 0 Å². The third-order valence-electron chi connectivity index (χ3n) is 2.54. The first-order valence-corrected chi connectivity index (χ1v) is 6.74. The van der Waals surface area contributed by atoms with Crippen molar-refractivity contribution < 1.29 is 9.94 Å². The van der Waals surface area contributed by atoms with Gasteiger partial charge in [-0.2, -0.15) is 0 Å². The summed E-state index contributed by atoms with van der Waals surface area (Å²) in [6.07, 6.45) is 8.43. The minimum atomic E-state index is 0.697. The van der Waals surface area contributed by atoms with Crippen LogP contribution in [0.5, 0.6) is 5.75 Å². The van der Waals surface area contributed by atoms with Crippen LogP contribution in [-0.4, -0.2) is 18.5 Å². The molecule has 0 spiro atoms. The highest BCUT2D eigenvalue weighted by atomic mass is 16.5. The fourth-order valence-corrected chi connectivity index (χ4v) is 1.49. The van der Waals surface area contributed by atoms with E-state index in [1.54, 1.807) is 19.3 Å². The first kappa shape index (κ1) is 18.4. The topological polar surface area (TPSA) is 41.8 Å². The smallest absolute Gasteiger partial charge is 0.118 e. The van der Waals surface area contributed by atoms with Crippen LogP contribution < -0.4 is 4.74 Å². The summed E-state index contributed by atoms with van der Waals surface area (Å²) in [5, 5.41) is 11.6. The summed E-state index contributed by atoms with van der Waals surface area (Å²) >= 11 is 0. The van der Waals surface area contributed by atoms with Crippen LogP contribution in [0.25, 0.3) is 6.08 Å². The Kier molecular flexibility index (Phi) is 9.92. The number of benzene rings is 1. The van der Waals surface area contributed by atoms with E-state index < -0.39 is 0 Å². The van der Waals surface area contributed by atoms with Crippen LogP contribution in [0.4, 0.5) is 0 Å². The summed E-state index contributed by atoms with van der Waals surface area (Å²) in [5.74, 6) is 0.816. The maximum absolute atomic E-state index is 8.57. The van der Waals surface area contributed by atoms with Crippen molar-refractivity contribution in [3.8, 4) is 5.75 Å². The predicted octanol–water partition coefficient (Wildman–Crippen LogP) is 4.86. The zero-order valence-electron chi connectivity index (χ0n) is 12.9. The number of rotatable bonds is 6. The lowest BCUT2D eigenvalue weighted by molar-refractivity contribution is 0.322. The average molecular weight is 285 g/mol. The van der Waals surface area contributed by atoms with Crippen molar-refractivity contribution in [3.05, 3.63) is 72.4 Å². The van der Waals surface area contributed by atoms with Gasteiger partial charge in [0.05, 0.1) is 13.3 Å².